The van der Waals surface area contributed by atoms with E-state index in [2.05, 4.69) is 4.74 Å². The number of ether oxygens (including phenoxy) is 1. The quantitative estimate of drug-likeness (QED) is 0.616. The third-order valence-corrected chi connectivity index (χ3v) is 2.79. The third-order valence-electron chi connectivity index (χ3n) is 1.90. The van der Waals surface area contributed by atoms with Gasteiger partial charge >= 0.3 is 5.97 Å². The highest BCUT2D eigenvalue weighted by Crippen LogP contribution is 2.27. The summed E-state index contributed by atoms with van der Waals surface area (Å²) < 4.78 is 29.9. The zero-order chi connectivity index (χ0) is 12.3. The van der Waals surface area contributed by atoms with E-state index in [4.69, 9.17) is 5.26 Å². The third kappa shape index (κ3) is 2.47. The number of esters is 1. The molecule has 0 aliphatic heterocycles. The minimum absolute atomic E-state index is 0.115. The molecule has 16 heavy (non-hydrogen) atoms. The number of rotatable bonds is 2. The minimum atomic E-state index is -2.74. The van der Waals surface area contributed by atoms with Gasteiger partial charge in [0.15, 0.2) is 0 Å². The second kappa shape index (κ2) is 5.21. The molecule has 0 unspecified atom stereocenters. The Labute approximate surface area is 104 Å². The van der Waals surface area contributed by atoms with Gasteiger partial charge in [0.1, 0.15) is 0 Å². The molecular weight excluding hydrogens is 331 g/mol. The number of carbonyl (C=O) groups is 1. The Hall–Kier alpha value is -1.23. The van der Waals surface area contributed by atoms with Gasteiger partial charge < -0.3 is 4.74 Å². The Bertz CT molecular complexity index is 469. The van der Waals surface area contributed by atoms with Gasteiger partial charge in [-0.25, -0.2) is 13.6 Å². The Kier molecular flexibility index (Phi) is 4.18. The molecule has 1 aromatic carbocycles. The highest BCUT2D eigenvalue weighted by atomic mass is 127. The number of hydrogen-bond donors (Lipinski definition) is 0. The molecule has 0 radical (unpaired) electrons. The first-order chi connectivity index (χ1) is 7.51. The summed E-state index contributed by atoms with van der Waals surface area (Å²) in [6.07, 6.45) is -2.74. The van der Waals surface area contributed by atoms with Gasteiger partial charge in [-0.15, -0.1) is 0 Å². The molecule has 84 valence electrons. The molecule has 3 nitrogen and oxygen atoms in total. The lowest BCUT2D eigenvalue weighted by Crippen LogP contribution is -2.06. The van der Waals surface area contributed by atoms with Gasteiger partial charge in [-0.1, -0.05) is 0 Å². The van der Waals surface area contributed by atoms with Gasteiger partial charge in [-0.05, 0) is 34.7 Å². The molecule has 0 fully saturated rings. The van der Waals surface area contributed by atoms with Crippen LogP contribution in [0, 0.1) is 14.9 Å². The lowest BCUT2D eigenvalue weighted by atomic mass is 10.1. The molecule has 0 bridgehead atoms. The van der Waals surface area contributed by atoms with Gasteiger partial charge in [-0.3, -0.25) is 0 Å². The molecule has 0 amide bonds. The van der Waals surface area contributed by atoms with Crippen molar-refractivity contribution in [1.82, 2.24) is 0 Å². The summed E-state index contributed by atoms with van der Waals surface area (Å²) >= 11 is 1.75. The standard InChI is InChI=1S/C10H6F2INO2/c1-16-10(15)7-2-5(4-14)6(9(11)12)3-8(7)13/h2-3,9H,1H3. The van der Waals surface area contributed by atoms with Gasteiger partial charge in [-0.2, -0.15) is 5.26 Å². The fraction of sp³-hybridized carbons (Fsp3) is 0.200. The van der Waals surface area contributed by atoms with E-state index in [0.29, 0.717) is 3.57 Å². The topological polar surface area (TPSA) is 50.1 Å². The highest BCUT2D eigenvalue weighted by molar-refractivity contribution is 14.1. The molecule has 6 heteroatoms. The summed E-state index contributed by atoms with van der Waals surface area (Å²) in [6.45, 7) is 0. The van der Waals surface area contributed by atoms with Gasteiger partial charge in [0.2, 0.25) is 0 Å². The number of nitriles is 1. The van der Waals surface area contributed by atoms with Crippen LogP contribution in [0.15, 0.2) is 12.1 Å². The lowest BCUT2D eigenvalue weighted by Gasteiger charge is -2.07. The maximum Gasteiger partial charge on any atom is 0.338 e. The van der Waals surface area contributed by atoms with Crippen LogP contribution in [0.1, 0.15) is 27.9 Å². The van der Waals surface area contributed by atoms with E-state index in [1.54, 1.807) is 28.7 Å². The zero-order valence-corrected chi connectivity index (χ0v) is 10.3. The Morgan fingerprint density at radius 3 is 2.62 bits per heavy atom. The summed E-state index contributed by atoms with van der Waals surface area (Å²) in [4.78, 5) is 11.3. The van der Waals surface area contributed by atoms with Crippen molar-refractivity contribution in [3.63, 3.8) is 0 Å². The number of alkyl halides is 2. The van der Waals surface area contributed by atoms with Crippen molar-refractivity contribution >= 4 is 28.6 Å². The SMILES string of the molecule is COC(=O)c1cc(C#N)c(C(F)F)cc1I. The summed E-state index contributed by atoms with van der Waals surface area (Å²) in [5.74, 6) is -0.651. The largest absolute Gasteiger partial charge is 0.465 e. The van der Waals surface area contributed by atoms with Crippen LogP contribution in [0.4, 0.5) is 8.78 Å². The van der Waals surface area contributed by atoms with Crippen LogP contribution >= 0.6 is 22.6 Å². The Morgan fingerprint density at radius 1 is 1.56 bits per heavy atom. The number of hydrogen-bond acceptors (Lipinski definition) is 3. The second-order valence-corrected chi connectivity index (χ2v) is 3.99. The molecule has 1 aromatic rings. The summed E-state index contributed by atoms with van der Waals surface area (Å²) in [7, 11) is 1.19. The first-order valence-corrected chi connectivity index (χ1v) is 5.19. The van der Waals surface area contributed by atoms with E-state index in [9.17, 15) is 13.6 Å². The van der Waals surface area contributed by atoms with Crippen molar-refractivity contribution in [2.24, 2.45) is 0 Å². The van der Waals surface area contributed by atoms with E-state index >= 15 is 0 Å². The van der Waals surface area contributed by atoms with E-state index in [1.807, 2.05) is 0 Å². The monoisotopic (exact) mass is 337 g/mol. The highest BCUT2D eigenvalue weighted by Gasteiger charge is 2.19. The van der Waals surface area contributed by atoms with Crippen molar-refractivity contribution in [1.29, 1.82) is 5.26 Å². The fourth-order valence-corrected chi connectivity index (χ4v) is 1.84. The predicted octanol–water partition coefficient (Wildman–Crippen LogP) is 2.89. The number of benzene rings is 1. The molecule has 0 aromatic heterocycles. The summed E-state index contributed by atoms with van der Waals surface area (Å²) in [5.41, 5.74) is -0.473. The molecule has 0 atom stereocenters. The van der Waals surface area contributed by atoms with Crippen molar-refractivity contribution in [2.75, 3.05) is 7.11 Å². The molecule has 0 saturated heterocycles. The minimum Gasteiger partial charge on any atom is -0.465 e. The van der Waals surface area contributed by atoms with Crippen molar-refractivity contribution in [3.05, 3.63) is 32.4 Å². The van der Waals surface area contributed by atoms with Crippen molar-refractivity contribution < 1.29 is 18.3 Å². The number of halogens is 3. The van der Waals surface area contributed by atoms with E-state index < -0.39 is 12.4 Å². The van der Waals surface area contributed by atoms with Crippen LogP contribution in [0.3, 0.4) is 0 Å². The average molecular weight is 337 g/mol. The number of nitrogens with zero attached hydrogens (tertiary/aromatic N) is 1. The average Bonchev–Trinajstić information content (AvgIpc) is 2.27. The molecule has 0 heterocycles. The van der Waals surface area contributed by atoms with Crippen LogP contribution in [-0.4, -0.2) is 13.1 Å². The first kappa shape index (κ1) is 12.8. The zero-order valence-electron chi connectivity index (χ0n) is 8.13. The van der Waals surface area contributed by atoms with Crippen molar-refractivity contribution in [3.8, 4) is 6.07 Å². The maximum atomic E-state index is 12.5. The van der Waals surface area contributed by atoms with Crippen LogP contribution in [0.2, 0.25) is 0 Å². The van der Waals surface area contributed by atoms with Gasteiger partial charge in [0, 0.05) is 9.13 Å². The molecular formula is C10H6F2INO2. The summed E-state index contributed by atoms with van der Waals surface area (Å²) in [6, 6.07) is 3.87. The smallest absolute Gasteiger partial charge is 0.338 e. The molecule has 0 N–H and O–H groups in total. The van der Waals surface area contributed by atoms with Crippen molar-refractivity contribution in [2.45, 2.75) is 6.43 Å². The van der Waals surface area contributed by atoms with Crippen LogP contribution in [0.25, 0.3) is 0 Å². The molecule has 0 saturated carbocycles. The van der Waals surface area contributed by atoms with Gasteiger partial charge in [0.25, 0.3) is 6.43 Å². The molecule has 0 spiro atoms. The normalized spacial score (nSPS) is 10.0. The van der Waals surface area contributed by atoms with Gasteiger partial charge in [0.05, 0.1) is 24.3 Å². The fourth-order valence-electron chi connectivity index (χ4n) is 1.13. The lowest BCUT2D eigenvalue weighted by molar-refractivity contribution is 0.0599. The molecule has 1 rings (SSSR count). The van der Waals surface area contributed by atoms with Crippen LogP contribution in [0.5, 0.6) is 0 Å². The summed E-state index contributed by atoms with van der Waals surface area (Å²) in [5, 5.41) is 8.70. The van der Waals surface area contributed by atoms with E-state index in [1.165, 1.54) is 7.11 Å². The number of carbonyl (C=O) groups excluding carboxylic acids is 1. The van der Waals surface area contributed by atoms with Crippen LogP contribution < -0.4 is 0 Å². The Balaban J connectivity index is 3.38. The molecule has 0 aliphatic carbocycles. The molecule has 0 aliphatic rings. The first-order valence-electron chi connectivity index (χ1n) is 4.11. The second-order valence-electron chi connectivity index (χ2n) is 2.82. The predicted molar refractivity (Wildman–Crippen MR) is 60.2 cm³/mol. The Morgan fingerprint density at radius 2 is 2.19 bits per heavy atom. The number of methoxy groups -OCH3 is 1. The van der Waals surface area contributed by atoms with Crippen LogP contribution in [-0.2, 0) is 4.74 Å². The van der Waals surface area contributed by atoms with E-state index in [-0.39, 0.29) is 16.7 Å². The maximum absolute atomic E-state index is 12.5. The van der Waals surface area contributed by atoms with E-state index in [0.717, 1.165) is 12.1 Å².